The average molecular weight is 851 g/mol. The molecule has 0 aliphatic rings. The molecule has 3 unspecified atom stereocenters. The fourth-order valence-electron chi connectivity index (χ4n) is 5.76. The number of nitrogens with zero attached hydrogens (tertiary/aromatic N) is 1. The third-order valence-corrected chi connectivity index (χ3v) is 10.3. The summed E-state index contributed by atoms with van der Waals surface area (Å²) in [5.41, 5.74) is 0. The Kier molecular flexibility index (Phi) is 37.8. The number of quaternary nitrogens is 1. The van der Waals surface area contributed by atoms with E-state index in [0.717, 1.165) is 51.4 Å². The largest absolute Gasteiger partial charge is 0.472 e. The highest BCUT2D eigenvalue weighted by molar-refractivity contribution is 7.47. The maximum absolute atomic E-state index is 12.7. The van der Waals surface area contributed by atoms with E-state index >= 15 is 0 Å². The number of ether oxygens (including phenoxy) is 2. The number of likely N-dealkylation sites (N-methyl/N-ethyl adjacent to an activating group) is 1. The predicted octanol–water partition coefficient (Wildman–Crippen LogP) is 12.0. The third kappa shape index (κ3) is 44.8. The van der Waals surface area contributed by atoms with Crippen molar-refractivity contribution in [3.63, 3.8) is 0 Å². The summed E-state index contributed by atoms with van der Waals surface area (Å²) in [4.78, 5) is 35.4. The van der Waals surface area contributed by atoms with Crippen LogP contribution in [0.25, 0.3) is 0 Å². The van der Waals surface area contributed by atoms with Gasteiger partial charge in [-0.15, -0.1) is 0 Å². The lowest BCUT2D eigenvalue weighted by Crippen LogP contribution is -2.37. The summed E-state index contributed by atoms with van der Waals surface area (Å²) in [6.45, 7) is 3.79. The van der Waals surface area contributed by atoms with Crippen molar-refractivity contribution in [3.05, 3.63) is 72.9 Å². The van der Waals surface area contributed by atoms with E-state index in [0.29, 0.717) is 17.4 Å². The van der Waals surface area contributed by atoms with Crippen LogP contribution in [-0.2, 0) is 32.7 Å². The Morgan fingerprint density at radius 3 is 1.49 bits per heavy atom. The minimum absolute atomic E-state index is 0.0107. The molecular formula is C48H85NO9P+. The van der Waals surface area contributed by atoms with Gasteiger partial charge in [-0.2, -0.15) is 0 Å². The Hall–Kier alpha value is -2.59. The molecule has 0 bridgehead atoms. The van der Waals surface area contributed by atoms with Crippen LogP contribution in [0.1, 0.15) is 162 Å². The number of carbonyl (C=O) groups excluding carboxylic acids is 2. The van der Waals surface area contributed by atoms with Gasteiger partial charge in [0.1, 0.15) is 19.8 Å². The van der Waals surface area contributed by atoms with Crippen LogP contribution in [-0.4, -0.2) is 86.1 Å². The van der Waals surface area contributed by atoms with E-state index in [2.05, 4.69) is 55.5 Å². The molecule has 0 saturated carbocycles. The Labute approximate surface area is 360 Å². The Morgan fingerprint density at radius 1 is 0.593 bits per heavy atom. The second kappa shape index (κ2) is 39.5. The summed E-state index contributed by atoms with van der Waals surface area (Å²) in [5.74, 6) is -0.912. The summed E-state index contributed by atoms with van der Waals surface area (Å²) in [6.07, 6.45) is 46.8. The fraction of sp³-hybridized carbons (Fsp3) is 0.708. The molecule has 0 spiro atoms. The molecule has 0 heterocycles. The number of esters is 2. The number of aliphatic hydroxyl groups excluding tert-OH is 1. The minimum atomic E-state index is -4.40. The Morgan fingerprint density at radius 2 is 1.03 bits per heavy atom. The monoisotopic (exact) mass is 851 g/mol. The van der Waals surface area contributed by atoms with E-state index in [9.17, 15) is 24.2 Å². The highest BCUT2D eigenvalue weighted by Gasteiger charge is 2.27. The van der Waals surface area contributed by atoms with Crippen LogP contribution in [0.5, 0.6) is 0 Å². The van der Waals surface area contributed by atoms with E-state index < -0.39 is 38.6 Å². The van der Waals surface area contributed by atoms with E-state index in [1.807, 2.05) is 39.4 Å². The molecule has 0 aromatic heterocycles. The SMILES string of the molecule is CCCCCCCCCCCCCCCCCC(=O)OCC(COP(=O)(O)OCC[N+](C)(C)C)OC(=O)CC/C=C/C/C=C/C/C=C/C/C=C/C/C=C/C/C=C\C(C)O. The van der Waals surface area contributed by atoms with Gasteiger partial charge in [-0.25, -0.2) is 4.57 Å². The highest BCUT2D eigenvalue weighted by atomic mass is 31.2. The number of rotatable bonds is 40. The molecule has 340 valence electrons. The number of phosphoric ester groups is 1. The Balaban J connectivity index is 4.48. The first kappa shape index (κ1) is 56.4. The number of hydrogen-bond acceptors (Lipinski definition) is 8. The standard InChI is InChI=1S/C48H84NO9P/c1-6-7-8-9-10-11-12-13-17-21-24-27-30-33-36-39-47(51)55-43-46(44-57-59(53,54)56-42-41-49(3,4)5)58-48(52)40-37-34-31-28-25-22-19-16-14-15-18-20-23-26-29-32-35-38-45(2)50/h14,16,18,20,22,25-26,29,31,34-35,38,45-46,50H,6-13,15,17,19,21,23-24,27-28,30,32-33,36-37,39-44H2,1-5H3/p+1/b16-14+,20-18+,25-22+,29-26+,34-31+,38-35-. The van der Waals surface area contributed by atoms with Crippen molar-refractivity contribution in [1.82, 2.24) is 0 Å². The topological polar surface area (TPSA) is 129 Å². The quantitative estimate of drug-likeness (QED) is 0.0203. The van der Waals surface area contributed by atoms with Gasteiger partial charge >= 0.3 is 19.8 Å². The van der Waals surface area contributed by atoms with Gasteiger partial charge in [-0.05, 0) is 51.9 Å². The molecule has 0 aliphatic carbocycles. The van der Waals surface area contributed by atoms with Gasteiger partial charge < -0.3 is 24.0 Å². The molecule has 0 fully saturated rings. The number of unbranched alkanes of at least 4 members (excludes halogenated alkanes) is 14. The minimum Gasteiger partial charge on any atom is -0.462 e. The first-order valence-electron chi connectivity index (χ1n) is 22.7. The average Bonchev–Trinajstić information content (AvgIpc) is 3.17. The lowest BCUT2D eigenvalue weighted by molar-refractivity contribution is -0.870. The number of hydrogen-bond donors (Lipinski definition) is 2. The fourth-order valence-corrected chi connectivity index (χ4v) is 6.50. The van der Waals surface area contributed by atoms with E-state index in [4.69, 9.17) is 18.5 Å². The molecule has 11 heteroatoms. The molecular weight excluding hydrogens is 765 g/mol. The van der Waals surface area contributed by atoms with Crippen LogP contribution in [0, 0.1) is 0 Å². The zero-order valence-corrected chi connectivity index (χ0v) is 38.7. The number of carbonyl (C=O) groups is 2. The third-order valence-electron chi connectivity index (χ3n) is 9.28. The number of allylic oxidation sites excluding steroid dienone is 11. The van der Waals surface area contributed by atoms with Crippen molar-refractivity contribution >= 4 is 19.8 Å². The van der Waals surface area contributed by atoms with Gasteiger partial charge in [0.15, 0.2) is 6.10 Å². The van der Waals surface area contributed by atoms with Crippen molar-refractivity contribution in [2.75, 3.05) is 47.5 Å². The van der Waals surface area contributed by atoms with E-state index in [-0.39, 0.29) is 26.1 Å². The summed E-state index contributed by atoms with van der Waals surface area (Å²) in [7, 11) is 1.41. The van der Waals surface area contributed by atoms with Gasteiger partial charge in [0.25, 0.3) is 0 Å². The van der Waals surface area contributed by atoms with Gasteiger partial charge in [-0.1, -0.05) is 170 Å². The van der Waals surface area contributed by atoms with Crippen LogP contribution in [0.4, 0.5) is 0 Å². The van der Waals surface area contributed by atoms with Crippen molar-refractivity contribution in [2.45, 2.75) is 174 Å². The van der Waals surface area contributed by atoms with Crippen molar-refractivity contribution in [3.8, 4) is 0 Å². The molecule has 0 rings (SSSR count). The first-order chi connectivity index (χ1) is 28.3. The summed E-state index contributed by atoms with van der Waals surface area (Å²) >= 11 is 0. The van der Waals surface area contributed by atoms with Gasteiger partial charge in [0.05, 0.1) is 33.9 Å². The van der Waals surface area contributed by atoms with E-state index in [1.165, 1.54) is 77.0 Å². The van der Waals surface area contributed by atoms with Crippen molar-refractivity contribution in [2.24, 2.45) is 0 Å². The van der Waals surface area contributed by atoms with Crippen molar-refractivity contribution in [1.29, 1.82) is 0 Å². The zero-order chi connectivity index (χ0) is 43.7. The van der Waals surface area contributed by atoms with Gasteiger partial charge in [0.2, 0.25) is 0 Å². The molecule has 2 N–H and O–H groups in total. The normalized spacial score (nSPS) is 14.8. The van der Waals surface area contributed by atoms with Crippen LogP contribution >= 0.6 is 7.82 Å². The zero-order valence-electron chi connectivity index (χ0n) is 37.8. The molecule has 0 radical (unpaired) electrons. The van der Waals surface area contributed by atoms with E-state index in [1.54, 1.807) is 13.0 Å². The molecule has 0 aliphatic heterocycles. The second-order valence-electron chi connectivity index (χ2n) is 16.3. The van der Waals surface area contributed by atoms with Crippen LogP contribution in [0.3, 0.4) is 0 Å². The lowest BCUT2D eigenvalue weighted by atomic mass is 10.0. The number of phosphoric acid groups is 1. The molecule has 3 atom stereocenters. The summed E-state index contributed by atoms with van der Waals surface area (Å²) in [6, 6.07) is 0. The van der Waals surface area contributed by atoms with Crippen LogP contribution in [0.2, 0.25) is 0 Å². The first-order valence-corrected chi connectivity index (χ1v) is 24.2. The lowest BCUT2D eigenvalue weighted by Gasteiger charge is -2.24. The molecule has 0 amide bonds. The summed E-state index contributed by atoms with van der Waals surface area (Å²) < 4.78 is 34.2. The predicted molar refractivity (Wildman–Crippen MR) is 244 cm³/mol. The Bertz CT molecular complexity index is 1250. The molecule has 0 aromatic rings. The van der Waals surface area contributed by atoms with Crippen LogP contribution in [0.15, 0.2) is 72.9 Å². The molecule has 0 saturated heterocycles. The highest BCUT2D eigenvalue weighted by Crippen LogP contribution is 2.43. The maximum Gasteiger partial charge on any atom is 0.472 e. The van der Waals surface area contributed by atoms with Crippen molar-refractivity contribution < 1.29 is 47.2 Å². The maximum atomic E-state index is 12.7. The smallest absolute Gasteiger partial charge is 0.462 e. The second-order valence-corrected chi connectivity index (χ2v) is 17.8. The van der Waals surface area contributed by atoms with Gasteiger partial charge in [0, 0.05) is 12.8 Å². The van der Waals surface area contributed by atoms with Crippen LogP contribution < -0.4 is 0 Å². The number of aliphatic hydroxyl groups is 1. The molecule has 59 heavy (non-hydrogen) atoms. The molecule has 10 nitrogen and oxygen atoms in total. The summed E-state index contributed by atoms with van der Waals surface area (Å²) in [5, 5.41) is 9.19. The molecule has 0 aromatic carbocycles. The van der Waals surface area contributed by atoms with Gasteiger partial charge in [-0.3, -0.25) is 18.6 Å².